The second-order valence-electron chi connectivity index (χ2n) is 4.61. The van der Waals surface area contributed by atoms with Gasteiger partial charge in [-0.1, -0.05) is 12.2 Å². The number of allylic oxidation sites excluding steroid dienone is 2. The molecule has 1 amide bonds. The molecule has 1 saturated heterocycles. The van der Waals surface area contributed by atoms with Crippen molar-refractivity contribution in [3.8, 4) is 0 Å². The van der Waals surface area contributed by atoms with Crippen LogP contribution in [0, 0.1) is 11.8 Å². The molecule has 2 aliphatic rings. The highest BCUT2D eigenvalue weighted by Gasteiger charge is 2.28. The summed E-state index contributed by atoms with van der Waals surface area (Å²) in [7, 11) is 0. The summed E-state index contributed by atoms with van der Waals surface area (Å²) in [6, 6.07) is 0. The van der Waals surface area contributed by atoms with E-state index in [-0.39, 0.29) is 18.4 Å². The predicted molar refractivity (Wildman–Crippen MR) is 58.3 cm³/mol. The van der Waals surface area contributed by atoms with E-state index in [1.165, 1.54) is 0 Å². The molecule has 0 radical (unpaired) electrons. The van der Waals surface area contributed by atoms with Gasteiger partial charge in [0.1, 0.15) is 0 Å². The fraction of sp³-hybridized carbons (Fsp3) is 0.750. The number of carbonyl (C=O) groups is 1. The van der Waals surface area contributed by atoms with Crippen molar-refractivity contribution >= 4 is 5.91 Å². The first kappa shape index (κ1) is 10.7. The Hall–Kier alpha value is -0.830. The summed E-state index contributed by atoms with van der Waals surface area (Å²) in [6.45, 7) is 1.85. The molecule has 3 nitrogen and oxygen atoms in total. The SMILES string of the molecule is O=C(C1CC=CC1)N1CCC[C@@H](CO)C1. The van der Waals surface area contributed by atoms with Crippen LogP contribution in [0.4, 0.5) is 0 Å². The molecule has 0 saturated carbocycles. The molecule has 0 bridgehead atoms. The second kappa shape index (κ2) is 4.79. The van der Waals surface area contributed by atoms with Gasteiger partial charge in [0, 0.05) is 25.6 Å². The third kappa shape index (κ3) is 2.40. The van der Waals surface area contributed by atoms with E-state index in [2.05, 4.69) is 12.2 Å². The molecule has 15 heavy (non-hydrogen) atoms. The zero-order valence-corrected chi connectivity index (χ0v) is 9.06. The first-order valence-corrected chi connectivity index (χ1v) is 5.86. The summed E-state index contributed by atoms with van der Waals surface area (Å²) in [5.41, 5.74) is 0. The Morgan fingerprint density at radius 1 is 1.40 bits per heavy atom. The van der Waals surface area contributed by atoms with E-state index in [0.29, 0.717) is 5.92 Å². The first-order valence-electron chi connectivity index (χ1n) is 5.86. The second-order valence-corrected chi connectivity index (χ2v) is 4.61. The van der Waals surface area contributed by atoms with Crippen molar-refractivity contribution in [3.05, 3.63) is 12.2 Å². The fourth-order valence-electron chi connectivity index (χ4n) is 2.49. The van der Waals surface area contributed by atoms with E-state index in [9.17, 15) is 4.79 Å². The van der Waals surface area contributed by atoms with E-state index in [1.54, 1.807) is 0 Å². The van der Waals surface area contributed by atoms with E-state index in [1.807, 2.05) is 4.90 Å². The molecule has 0 spiro atoms. The van der Waals surface area contributed by atoms with Gasteiger partial charge in [0.2, 0.25) is 5.91 Å². The number of piperidine rings is 1. The van der Waals surface area contributed by atoms with E-state index >= 15 is 0 Å². The number of rotatable bonds is 2. The van der Waals surface area contributed by atoms with Crippen LogP contribution in [-0.2, 0) is 4.79 Å². The monoisotopic (exact) mass is 209 g/mol. The fourth-order valence-corrected chi connectivity index (χ4v) is 2.49. The van der Waals surface area contributed by atoms with Crippen molar-refractivity contribution in [3.63, 3.8) is 0 Å². The van der Waals surface area contributed by atoms with E-state index in [0.717, 1.165) is 38.8 Å². The normalized spacial score (nSPS) is 27.3. The molecule has 3 heteroatoms. The first-order chi connectivity index (χ1) is 7.31. The van der Waals surface area contributed by atoms with Crippen LogP contribution in [-0.4, -0.2) is 35.6 Å². The van der Waals surface area contributed by atoms with Crippen LogP contribution in [0.3, 0.4) is 0 Å². The van der Waals surface area contributed by atoms with Gasteiger partial charge in [0.25, 0.3) is 0 Å². The van der Waals surface area contributed by atoms with Crippen LogP contribution >= 0.6 is 0 Å². The lowest BCUT2D eigenvalue weighted by Gasteiger charge is -2.33. The Bertz CT molecular complexity index is 254. The van der Waals surface area contributed by atoms with Gasteiger partial charge in [-0.3, -0.25) is 4.79 Å². The van der Waals surface area contributed by atoms with E-state index < -0.39 is 0 Å². The molecule has 1 aliphatic carbocycles. The van der Waals surface area contributed by atoms with Gasteiger partial charge in [0.05, 0.1) is 0 Å². The predicted octanol–water partition coefficient (Wildman–Crippen LogP) is 1.18. The molecule has 1 atom stereocenters. The molecular weight excluding hydrogens is 190 g/mol. The molecule has 0 aromatic carbocycles. The third-order valence-electron chi connectivity index (χ3n) is 3.45. The Labute approximate surface area is 90.8 Å². The lowest BCUT2D eigenvalue weighted by Crippen LogP contribution is -2.43. The lowest BCUT2D eigenvalue weighted by molar-refractivity contribution is -0.137. The number of likely N-dealkylation sites (tertiary alicyclic amines) is 1. The molecular formula is C12H19NO2. The number of nitrogens with zero attached hydrogens (tertiary/aromatic N) is 1. The Morgan fingerprint density at radius 2 is 2.13 bits per heavy atom. The van der Waals surface area contributed by atoms with Gasteiger partial charge in [-0.15, -0.1) is 0 Å². The topological polar surface area (TPSA) is 40.5 Å². The van der Waals surface area contributed by atoms with Crippen molar-refractivity contribution in [1.29, 1.82) is 0 Å². The summed E-state index contributed by atoms with van der Waals surface area (Å²) in [4.78, 5) is 14.0. The summed E-state index contributed by atoms with van der Waals surface area (Å²) >= 11 is 0. The average molecular weight is 209 g/mol. The Balaban J connectivity index is 1.89. The minimum Gasteiger partial charge on any atom is -0.396 e. The van der Waals surface area contributed by atoms with Crippen molar-refractivity contribution in [1.82, 2.24) is 4.90 Å². The van der Waals surface area contributed by atoms with Gasteiger partial charge in [-0.25, -0.2) is 0 Å². The summed E-state index contributed by atoms with van der Waals surface area (Å²) < 4.78 is 0. The number of amides is 1. The molecule has 0 aromatic rings. The highest BCUT2D eigenvalue weighted by Crippen LogP contribution is 2.23. The van der Waals surface area contributed by atoms with Gasteiger partial charge < -0.3 is 10.0 Å². The summed E-state index contributed by atoms with van der Waals surface area (Å²) in [6.07, 6.45) is 8.09. The van der Waals surface area contributed by atoms with Crippen molar-refractivity contribution in [2.24, 2.45) is 11.8 Å². The van der Waals surface area contributed by atoms with Gasteiger partial charge >= 0.3 is 0 Å². The molecule has 2 rings (SSSR count). The largest absolute Gasteiger partial charge is 0.396 e. The zero-order valence-electron chi connectivity index (χ0n) is 9.06. The van der Waals surface area contributed by atoms with Crippen LogP contribution in [0.5, 0.6) is 0 Å². The quantitative estimate of drug-likeness (QED) is 0.694. The highest BCUT2D eigenvalue weighted by atomic mass is 16.3. The standard InChI is InChI=1S/C12H19NO2/c14-9-10-4-3-7-13(8-10)12(15)11-5-1-2-6-11/h1-2,10-11,14H,3-9H2/t10-/m1/s1. The lowest BCUT2D eigenvalue weighted by atomic mass is 9.96. The molecule has 1 fully saturated rings. The highest BCUT2D eigenvalue weighted by molar-refractivity contribution is 5.79. The van der Waals surface area contributed by atoms with Crippen LogP contribution < -0.4 is 0 Å². The zero-order chi connectivity index (χ0) is 10.7. The maximum absolute atomic E-state index is 12.1. The van der Waals surface area contributed by atoms with Crippen LogP contribution in [0.25, 0.3) is 0 Å². The maximum Gasteiger partial charge on any atom is 0.226 e. The van der Waals surface area contributed by atoms with Crippen LogP contribution in [0.15, 0.2) is 12.2 Å². The Morgan fingerprint density at radius 3 is 2.80 bits per heavy atom. The minimum atomic E-state index is 0.183. The molecule has 1 N–H and O–H groups in total. The number of aliphatic hydroxyl groups is 1. The summed E-state index contributed by atoms with van der Waals surface area (Å²) in [5, 5.41) is 9.11. The molecule has 1 heterocycles. The van der Waals surface area contributed by atoms with Gasteiger partial charge in [-0.05, 0) is 31.6 Å². The number of carbonyl (C=O) groups excluding carboxylic acids is 1. The minimum absolute atomic E-state index is 0.183. The molecule has 0 aromatic heterocycles. The van der Waals surface area contributed by atoms with Gasteiger partial charge in [0.15, 0.2) is 0 Å². The molecule has 1 aliphatic heterocycles. The van der Waals surface area contributed by atoms with Crippen molar-refractivity contribution in [2.45, 2.75) is 25.7 Å². The maximum atomic E-state index is 12.1. The summed E-state index contributed by atoms with van der Waals surface area (Å²) in [5.74, 6) is 0.776. The van der Waals surface area contributed by atoms with Crippen LogP contribution in [0.1, 0.15) is 25.7 Å². The smallest absolute Gasteiger partial charge is 0.226 e. The number of aliphatic hydroxyl groups excluding tert-OH is 1. The van der Waals surface area contributed by atoms with E-state index in [4.69, 9.17) is 5.11 Å². The van der Waals surface area contributed by atoms with Gasteiger partial charge in [-0.2, -0.15) is 0 Å². The number of hydrogen-bond acceptors (Lipinski definition) is 2. The average Bonchev–Trinajstić information content (AvgIpc) is 2.81. The van der Waals surface area contributed by atoms with Crippen molar-refractivity contribution in [2.75, 3.05) is 19.7 Å². The molecule has 84 valence electrons. The third-order valence-corrected chi connectivity index (χ3v) is 3.45. The number of hydrogen-bond donors (Lipinski definition) is 1. The molecule has 0 unspecified atom stereocenters. The Kier molecular flexibility index (Phi) is 3.41. The van der Waals surface area contributed by atoms with Crippen LogP contribution in [0.2, 0.25) is 0 Å². The van der Waals surface area contributed by atoms with Crippen molar-refractivity contribution < 1.29 is 9.90 Å².